The molecule has 1 saturated carbocycles. The minimum atomic E-state index is -0.414. The molecule has 1 atom stereocenters. The number of hydrogen-bond acceptors (Lipinski definition) is 2. The van der Waals surface area contributed by atoms with Crippen LogP contribution in [0, 0.1) is 23.1 Å². The number of nitriles is 1. The third-order valence-electron chi connectivity index (χ3n) is 4.09. The van der Waals surface area contributed by atoms with Crippen molar-refractivity contribution in [2.75, 3.05) is 7.05 Å². The number of aromatic nitrogens is 1. The van der Waals surface area contributed by atoms with Crippen LogP contribution in [-0.4, -0.2) is 11.6 Å². The largest absolute Gasteiger partial charge is 0.349 e. The SMILES string of the molecule is CNC(c1ccn(Cc2cccc(C#N)c2F)c1)C1CC1. The number of rotatable bonds is 5. The van der Waals surface area contributed by atoms with E-state index in [4.69, 9.17) is 5.26 Å². The maximum atomic E-state index is 14.1. The summed E-state index contributed by atoms with van der Waals surface area (Å²) in [5.74, 6) is 0.312. The van der Waals surface area contributed by atoms with E-state index in [-0.39, 0.29) is 5.56 Å². The normalized spacial score (nSPS) is 15.7. The van der Waals surface area contributed by atoms with Crippen molar-refractivity contribution < 1.29 is 4.39 Å². The molecule has 0 saturated heterocycles. The summed E-state index contributed by atoms with van der Waals surface area (Å²) in [5.41, 5.74) is 1.89. The van der Waals surface area contributed by atoms with Gasteiger partial charge in [-0.2, -0.15) is 5.26 Å². The molecule has 1 heterocycles. The summed E-state index contributed by atoms with van der Waals surface area (Å²) in [5, 5.41) is 12.2. The highest BCUT2D eigenvalue weighted by molar-refractivity contribution is 5.35. The summed E-state index contributed by atoms with van der Waals surface area (Å²) in [4.78, 5) is 0. The van der Waals surface area contributed by atoms with E-state index in [1.165, 1.54) is 24.5 Å². The van der Waals surface area contributed by atoms with Crippen LogP contribution in [0.15, 0.2) is 36.7 Å². The Morgan fingerprint density at radius 2 is 2.24 bits per heavy atom. The van der Waals surface area contributed by atoms with Gasteiger partial charge in [-0.1, -0.05) is 12.1 Å². The molecule has 0 aliphatic heterocycles. The van der Waals surface area contributed by atoms with Crippen molar-refractivity contribution >= 4 is 0 Å². The van der Waals surface area contributed by atoms with Crippen LogP contribution in [0.4, 0.5) is 4.39 Å². The molecular weight excluding hydrogens is 265 g/mol. The van der Waals surface area contributed by atoms with Crippen molar-refractivity contribution in [3.05, 3.63) is 59.2 Å². The van der Waals surface area contributed by atoms with Crippen LogP contribution < -0.4 is 5.32 Å². The summed E-state index contributed by atoms with van der Waals surface area (Å²) < 4.78 is 16.1. The van der Waals surface area contributed by atoms with Gasteiger partial charge < -0.3 is 9.88 Å². The molecule has 1 aromatic heterocycles. The second-order valence-electron chi connectivity index (χ2n) is 5.61. The molecule has 3 rings (SSSR count). The molecule has 0 radical (unpaired) electrons. The average Bonchev–Trinajstić information content (AvgIpc) is 3.22. The van der Waals surface area contributed by atoms with Gasteiger partial charge in [0.25, 0.3) is 0 Å². The van der Waals surface area contributed by atoms with Crippen LogP contribution in [0.2, 0.25) is 0 Å². The summed E-state index contributed by atoms with van der Waals surface area (Å²) in [7, 11) is 1.98. The highest BCUT2D eigenvalue weighted by Gasteiger charge is 2.31. The monoisotopic (exact) mass is 283 g/mol. The molecule has 4 heteroatoms. The molecular formula is C17H18FN3. The van der Waals surface area contributed by atoms with Gasteiger partial charge in [0.1, 0.15) is 11.9 Å². The first kappa shape index (κ1) is 13.8. The standard InChI is InChI=1S/C17H18FN3/c1-20-17(12-5-6-12)15-7-8-21(11-15)10-14-4-2-3-13(9-19)16(14)18/h2-4,7-8,11-12,17,20H,5-6,10H2,1H3. The predicted octanol–water partition coefficient (Wildman–Crippen LogP) is 3.22. The molecule has 1 aromatic carbocycles. The van der Waals surface area contributed by atoms with Gasteiger partial charge in [-0.3, -0.25) is 0 Å². The van der Waals surface area contributed by atoms with Gasteiger partial charge in [0.05, 0.1) is 5.56 Å². The van der Waals surface area contributed by atoms with Crippen LogP contribution in [-0.2, 0) is 6.54 Å². The van der Waals surface area contributed by atoms with E-state index in [1.54, 1.807) is 12.1 Å². The van der Waals surface area contributed by atoms with Crippen LogP contribution in [0.1, 0.15) is 35.6 Å². The van der Waals surface area contributed by atoms with Gasteiger partial charge in [-0.25, -0.2) is 4.39 Å². The lowest BCUT2D eigenvalue weighted by atomic mass is 10.1. The van der Waals surface area contributed by atoms with Gasteiger partial charge >= 0.3 is 0 Å². The molecule has 1 N–H and O–H groups in total. The molecule has 0 amide bonds. The van der Waals surface area contributed by atoms with Crippen molar-refractivity contribution in [2.24, 2.45) is 5.92 Å². The van der Waals surface area contributed by atoms with E-state index in [0.29, 0.717) is 18.2 Å². The van der Waals surface area contributed by atoms with Crippen LogP contribution in [0.25, 0.3) is 0 Å². The zero-order chi connectivity index (χ0) is 14.8. The fraction of sp³-hybridized carbons (Fsp3) is 0.353. The molecule has 1 fully saturated rings. The molecule has 1 unspecified atom stereocenters. The first-order valence-corrected chi connectivity index (χ1v) is 7.23. The molecule has 1 aliphatic carbocycles. The topological polar surface area (TPSA) is 40.8 Å². The Balaban J connectivity index is 1.80. The van der Waals surface area contributed by atoms with E-state index < -0.39 is 5.82 Å². The minimum absolute atomic E-state index is 0.103. The fourth-order valence-corrected chi connectivity index (χ4v) is 2.83. The Morgan fingerprint density at radius 1 is 1.43 bits per heavy atom. The van der Waals surface area contributed by atoms with Gasteiger partial charge in [0.15, 0.2) is 0 Å². The first-order chi connectivity index (χ1) is 10.2. The lowest BCUT2D eigenvalue weighted by Crippen LogP contribution is -2.17. The number of benzene rings is 1. The van der Waals surface area contributed by atoms with Crippen molar-refractivity contribution in [3.8, 4) is 6.07 Å². The molecule has 3 nitrogen and oxygen atoms in total. The lowest BCUT2D eigenvalue weighted by Gasteiger charge is -2.13. The molecule has 0 spiro atoms. The Hall–Kier alpha value is -2.12. The van der Waals surface area contributed by atoms with Gasteiger partial charge in [-0.15, -0.1) is 0 Å². The Kier molecular flexibility index (Phi) is 3.76. The number of hydrogen-bond donors (Lipinski definition) is 1. The number of halogens is 1. The Labute approximate surface area is 124 Å². The average molecular weight is 283 g/mol. The third-order valence-corrected chi connectivity index (χ3v) is 4.09. The molecule has 2 aromatic rings. The van der Waals surface area contributed by atoms with E-state index in [9.17, 15) is 4.39 Å². The van der Waals surface area contributed by atoms with Gasteiger partial charge in [0.2, 0.25) is 0 Å². The maximum absolute atomic E-state index is 14.1. The molecule has 0 bridgehead atoms. The van der Waals surface area contributed by atoms with Crippen molar-refractivity contribution in [1.29, 1.82) is 5.26 Å². The number of nitrogens with zero attached hydrogens (tertiary/aromatic N) is 2. The first-order valence-electron chi connectivity index (χ1n) is 7.23. The van der Waals surface area contributed by atoms with Gasteiger partial charge in [0, 0.05) is 30.5 Å². The predicted molar refractivity (Wildman–Crippen MR) is 79.2 cm³/mol. The van der Waals surface area contributed by atoms with Crippen LogP contribution >= 0.6 is 0 Å². The zero-order valence-corrected chi connectivity index (χ0v) is 12.0. The highest BCUT2D eigenvalue weighted by Crippen LogP contribution is 2.40. The van der Waals surface area contributed by atoms with Crippen LogP contribution in [0.3, 0.4) is 0 Å². The molecule has 21 heavy (non-hydrogen) atoms. The van der Waals surface area contributed by atoms with Gasteiger partial charge in [-0.05, 0) is 43.5 Å². The highest BCUT2D eigenvalue weighted by atomic mass is 19.1. The van der Waals surface area contributed by atoms with Crippen molar-refractivity contribution in [3.63, 3.8) is 0 Å². The third kappa shape index (κ3) is 2.84. The summed E-state index contributed by atoms with van der Waals surface area (Å²) in [6.07, 6.45) is 6.59. The Bertz CT molecular complexity index is 680. The minimum Gasteiger partial charge on any atom is -0.349 e. The lowest BCUT2D eigenvalue weighted by molar-refractivity contribution is 0.527. The quantitative estimate of drug-likeness (QED) is 0.915. The van der Waals surface area contributed by atoms with E-state index in [1.807, 2.05) is 23.9 Å². The van der Waals surface area contributed by atoms with E-state index >= 15 is 0 Å². The summed E-state index contributed by atoms with van der Waals surface area (Å²) >= 11 is 0. The smallest absolute Gasteiger partial charge is 0.145 e. The summed E-state index contributed by atoms with van der Waals surface area (Å²) in [6.45, 7) is 0.447. The van der Waals surface area contributed by atoms with E-state index in [2.05, 4.69) is 17.6 Å². The van der Waals surface area contributed by atoms with Crippen molar-refractivity contribution in [1.82, 2.24) is 9.88 Å². The van der Waals surface area contributed by atoms with E-state index in [0.717, 1.165) is 5.92 Å². The zero-order valence-electron chi connectivity index (χ0n) is 12.0. The number of nitrogens with one attached hydrogen (secondary N) is 1. The maximum Gasteiger partial charge on any atom is 0.145 e. The van der Waals surface area contributed by atoms with Crippen molar-refractivity contribution in [2.45, 2.75) is 25.4 Å². The molecule has 108 valence electrons. The fourth-order valence-electron chi connectivity index (χ4n) is 2.83. The second kappa shape index (κ2) is 5.71. The second-order valence-corrected chi connectivity index (χ2v) is 5.61. The summed E-state index contributed by atoms with van der Waals surface area (Å²) in [6, 6.07) is 9.32. The molecule has 1 aliphatic rings. The van der Waals surface area contributed by atoms with Crippen LogP contribution in [0.5, 0.6) is 0 Å². The Morgan fingerprint density at radius 3 is 2.90 bits per heavy atom.